The number of aromatic nitrogens is 2. The molecule has 0 aliphatic heterocycles. The number of aryl methyl sites for hydroxylation is 2. The standard InChI is InChI=1S/C12H23N3O4/c1-10-11(13)12(15(2)14-10)19-9-8-18-7-6-17-5-4-16-3/h4-9,13H2,1-3H3. The Bertz CT molecular complexity index is 368. The molecule has 19 heavy (non-hydrogen) atoms. The monoisotopic (exact) mass is 273 g/mol. The maximum absolute atomic E-state index is 5.83. The summed E-state index contributed by atoms with van der Waals surface area (Å²) in [5.41, 5.74) is 7.17. The quantitative estimate of drug-likeness (QED) is 0.620. The van der Waals surface area contributed by atoms with Crippen LogP contribution in [0.3, 0.4) is 0 Å². The molecule has 0 saturated carbocycles. The first kappa shape index (κ1) is 15.7. The third kappa shape index (κ3) is 5.46. The number of nitrogens with zero attached hydrogens (tertiary/aromatic N) is 2. The minimum absolute atomic E-state index is 0.432. The highest BCUT2D eigenvalue weighted by atomic mass is 16.6. The Kier molecular flexibility index (Phi) is 7.24. The second kappa shape index (κ2) is 8.73. The van der Waals surface area contributed by atoms with Gasteiger partial charge in [-0.1, -0.05) is 0 Å². The van der Waals surface area contributed by atoms with Crippen molar-refractivity contribution in [3.63, 3.8) is 0 Å². The highest BCUT2D eigenvalue weighted by Crippen LogP contribution is 2.23. The molecule has 0 radical (unpaired) electrons. The maximum atomic E-state index is 5.83. The largest absolute Gasteiger partial charge is 0.474 e. The predicted molar refractivity (Wildman–Crippen MR) is 71.4 cm³/mol. The van der Waals surface area contributed by atoms with Crippen molar-refractivity contribution in [3.8, 4) is 5.88 Å². The van der Waals surface area contributed by atoms with Gasteiger partial charge in [0, 0.05) is 14.2 Å². The molecule has 0 bridgehead atoms. The molecule has 0 saturated heterocycles. The van der Waals surface area contributed by atoms with E-state index in [4.69, 9.17) is 24.7 Å². The van der Waals surface area contributed by atoms with Crippen LogP contribution in [0.2, 0.25) is 0 Å². The number of anilines is 1. The smallest absolute Gasteiger partial charge is 0.235 e. The molecule has 0 atom stereocenters. The number of hydrogen-bond acceptors (Lipinski definition) is 6. The summed E-state index contributed by atoms with van der Waals surface area (Å²) in [5, 5.41) is 4.16. The van der Waals surface area contributed by atoms with Gasteiger partial charge in [0.05, 0.1) is 38.7 Å². The Labute approximate surface area is 113 Å². The van der Waals surface area contributed by atoms with Crippen LogP contribution in [0.25, 0.3) is 0 Å². The zero-order valence-electron chi connectivity index (χ0n) is 11.8. The highest BCUT2D eigenvalue weighted by molar-refractivity contribution is 5.52. The number of rotatable bonds is 10. The van der Waals surface area contributed by atoms with E-state index in [-0.39, 0.29) is 0 Å². The molecule has 0 aliphatic carbocycles. The summed E-state index contributed by atoms with van der Waals surface area (Å²) in [7, 11) is 3.44. The molecule has 2 N–H and O–H groups in total. The van der Waals surface area contributed by atoms with Crippen LogP contribution in [-0.4, -0.2) is 56.5 Å². The van der Waals surface area contributed by atoms with Crippen LogP contribution in [0, 0.1) is 6.92 Å². The Balaban J connectivity index is 2.05. The van der Waals surface area contributed by atoms with E-state index in [2.05, 4.69) is 5.10 Å². The number of hydrogen-bond donors (Lipinski definition) is 1. The van der Waals surface area contributed by atoms with E-state index in [0.29, 0.717) is 51.2 Å². The Morgan fingerprint density at radius 3 is 2.16 bits per heavy atom. The zero-order chi connectivity index (χ0) is 14.1. The van der Waals surface area contributed by atoms with Gasteiger partial charge in [0.1, 0.15) is 12.3 Å². The molecule has 0 spiro atoms. The average Bonchev–Trinajstić information content (AvgIpc) is 2.63. The van der Waals surface area contributed by atoms with Crippen LogP contribution < -0.4 is 10.5 Å². The van der Waals surface area contributed by atoms with Crippen LogP contribution in [0.4, 0.5) is 5.69 Å². The maximum Gasteiger partial charge on any atom is 0.235 e. The zero-order valence-corrected chi connectivity index (χ0v) is 11.8. The molecule has 1 heterocycles. The molecule has 7 heteroatoms. The van der Waals surface area contributed by atoms with Crippen LogP contribution in [0.1, 0.15) is 5.69 Å². The average molecular weight is 273 g/mol. The third-order valence-corrected chi connectivity index (χ3v) is 2.48. The second-order valence-corrected chi connectivity index (χ2v) is 3.99. The van der Waals surface area contributed by atoms with Crippen LogP contribution in [-0.2, 0) is 21.3 Å². The normalized spacial score (nSPS) is 10.9. The van der Waals surface area contributed by atoms with Gasteiger partial charge in [-0.25, -0.2) is 4.68 Å². The molecule has 0 aromatic carbocycles. The predicted octanol–water partition coefficient (Wildman–Crippen LogP) is 0.369. The second-order valence-electron chi connectivity index (χ2n) is 3.99. The summed E-state index contributed by atoms with van der Waals surface area (Å²) in [4.78, 5) is 0. The Hall–Kier alpha value is -1.31. The van der Waals surface area contributed by atoms with Gasteiger partial charge in [-0.15, -0.1) is 0 Å². The van der Waals surface area contributed by atoms with Crippen molar-refractivity contribution in [2.75, 3.05) is 52.5 Å². The molecule has 0 aliphatic rings. The lowest BCUT2D eigenvalue weighted by Gasteiger charge is -2.08. The van der Waals surface area contributed by atoms with Gasteiger partial charge in [-0.3, -0.25) is 0 Å². The van der Waals surface area contributed by atoms with Crippen molar-refractivity contribution in [2.24, 2.45) is 7.05 Å². The van der Waals surface area contributed by atoms with E-state index in [9.17, 15) is 0 Å². The summed E-state index contributed by atoms with van der Waals surface area (Å²) in [6.45, 7) is 5.03. The van der Waals surface area contributed by atoms with Crippen LogP contribution in [0.15, 0.2) is 0 Å². The third-order valence-electron chi connectivity index (χ3n) is 2.48. The minimum atomic E-state index is 0.432. The van der Waals surface area contributed by atoms with Crippen LogP contribution in [0.5, 0.6) is 5.88 Å². The topological polar surface area (TPSA) is 80.8 Å². The van der Waals surface area contributed by atoms with Crippen molar-refractivity contribution in [3.05, 3.63) is 5.69 Å². The van der Waals surface area contributed by atoms with Gasteiger partial charge < -0.3 is 24.7 Å². The van der Waals surface area contributed by atoms with Crippen molar-refractivity contribution in [1.29, 1.82) is 0 Å². The first-order valence-corrected chi connectivity index (χ1v) is 6.23. The molecule has 7 nitrogen and oxygen atoms in total. The summed E-state index contributed by atoms with van der Waals surface area (Å²) in [5.74, 6) is 0.581. The van der Waals surface area contributed by atoms with Gasteiger partial charge in [-0.2, -0.15) is 5.10 Å². The first-order chi connectivity index (χ1) is 9.16. The Morgan fingerprint density at radius 1 is 1.05 bits per heavy atom. The lowest BCUT2D eigenvalue weighted by molar-refractivity contribution is 0.0174. The summed E-state index contributed by atoms with van der Waals surface area (Å²) < 4.78 is 22.6. The van der Waals surface area contributed by atoms with Gasteiger partial charge in [-0.05, 0) is 6.92 Å². The number of nitrogen functional groups attached to an aromatic ring is 1. The summed E-state index contributed by atoms with van der Waals surface area (Å²) in [6.07, 6.45) is 0. The molecule has 1 aromatic heterocycles. The molecule has 0 unspecified atom stereocenters. The van der Waals surface area contributed by atoms with E-state index < -0.39 is 0 Å². The number of ether oxygens (including phenoxy) is 4. The van der Waals surface area contributed by atoms with E-state index >= 15 is 0 Å². The van der Waals surface area contributed by atoms with Crippen molar-refractivity contribution in [2.45, 2.75) is 6.92 Å². The molecule has 1 aromatic rings. The SMILES string of the molecule is COCCOCCOCCOc1c(N)c(C)nn1C. The lowest BCUT2D eigenvalue weighted by atomic mass is 10.4. The van der Waals surface area contributed by atoms with Gasteiger partial charge in [0.25, 0.3) is 0 Å². The van der Waals surface area contributed by atoms with Gasteiger partial charge >= 0.3 is 0 Å². The first-order valence-electron chi connectivity index (χ1n) is 6.23. The van der Waals surface area contributed by atoms with Crippen molar-refractivity contribution >= 4 is 5.69 Å². The minimum Gasteiger partial charge on any atom is -0.474 e. The van der Waals surface area contributed by atoms with Gasteiger partial charge in [0.15, 0.2) is 0 Å². The molecule has 0 fully saturated rings. The molecule has 1 rings (SSSR count). The van der Waals surface area contributed by atoms with Gasteiger partial charge in [0.2, 0.25) is 5.88 Å². The van der Waals surface area contributed by atoms with E-state index in [0.717, 1.165) is 5.69 Å². The van der Waals surface area contributed by atoms with E-state index in [1.807, 2.05) is 6.92 Å². The fraction of sp³-hybridized carbons (Fsp3) is 0.750. The van der Waals surface area contributed by atoms with Crippen LogP contribution >= 0.6 is 0 Å². The number of methoxy groups -OCH3 is 1. The lowest BCUT2D eigenvalue weighted by Crippen LogP contribution is -2.13. The number of nitrogens with two attached hydrogens (primary N) is 1. The van der Waals surface area contributed by atoms with E-state index in [1.165, 1.54) is 0 Å². The van der Waals surface area contributed by atoms with Crippen molar-refractivity contribution in [1.82, 2.24) is 9.78 Å². The fourth-order valence-corrected chi connectivity index (χ4v) is 1.49. The molecule has 110 valence electrons. The Morgan fingerprint density at radius 2 is 1.63 bits per heavy atom. The summed E-state index contributed by atoms with van der Waals surface area (Å²) >= 11 is 0. The van der Waals surface area contributed by atoms with E-state index in [1.54, 1.807) is 18.8 Å². The fourth-order valence-electron chi connectivity index (χ4n) is 1.49. The van der Waals surface area contributed by atoms with Crippen molar-refractivity contribution < 1.29 is 18.9 Å². The molecule has 0 amide bonds. The highest BCUT2D eigenvalue weighted by Gasteiger charge is 2.10. The molecular weight excluding hydrogens is 250 g/mol. The summed E-state index contributed by atoms with van der Waals surface area (Å²) in [6, 6.07) is 0. The molecular formula is C12H23N3O4.